The summed E-state index contributed by atoms with van der Waals surface area (Å²) >= 11 is 0. The summed E-state index contributed by atoms with van der Waals surface area (Å²) in [5.74, 6) is 2.14. The van der Waals surface area contributed by atoms with Gasteiger partial charge in [-0.15, -0.1) is 10.2 Å². The highest BCUT2D eigenvalue weighted by molar-refractivity contribution is 5.42. The topological polar surface area (TPSA) is 88.9 Å². The molecule has 0 saturated heterocycles. The maximum atomic E-state index is 12.7. The Balaban J connectivity index is 1.61. The predicted octanol–water partition coefficient (Wildman–Crippen LogP) is 1.89. The van der Waals surface area contributed by atoms with E-state index in [2.05, 4.69) is 27.1 Å². The van der Waals surface area contributed by atoms with Crippen molar-refractivity contribution in [3.63, 3.8) is 0 Å². The van der Waals surface area contributed by atoms with Crippen LogP contribution in [0.15, 0.2) is 35.4 Å². The predicted molar refractivity (Wildman–Crippen MR) is 101 cm³/mol. The minimum absolute atomic E-state index is 0.128. The molecule has 2 aromatic heterocycles. The number of aryl methyl sites for hydroxylation is 1. The highest BCUT2D eigenvalue weighted by atomic mass is 16.5. The molecule has 8 heteroatoms. The van der Waals surface area contributed by atoms with Crippen molar-refractivity contribution in [3.05, 3.63) is 63.6 Å². The van der Waals surface area contributed by atoms with Gasteiger partial charge in [0.05, 0.1) is 12.2 Å². The third kappa shape index (κ3) is 3.42. The lowest BCUT2D eigenvalue weighted by Crippen LogP contribution is -2.27. The number of H-pyrrole nitrogens is 1. The van der Waals surface area contributed by atoms with Crippen molar-refractivity contribution < 1.29 is 4.74 Å². The fraction of sp³-hybridized carbons (Fsp3) is 0.368. The second-order valence-corrected chi connectivity index (χ2v) is 6.68. The van der Waals surface area contributed by atoms with E-state index in [1.165, 1.54) is 0 Å². The normalized spacial score (nSPS) is 12.7. The van der Waals surface area contributed by atoms with Crippen LogP contribution in [0.2, 0.25) is 0 Å². The number of ether oxygens (including phenoxy) is 1. The maximum Gasteiger partial charge on any atom is 0.256 e. The monoisotopic (exact) mass is 366 g/mol. The Morgan fingerprint density at radius 3 is 3.04 bits per heavy atom. The van der Waals surface area contributed by atoms with Gasteiger partial charge >= 0.3 is 0 Å². The first-order valence-corrected chi connectivity index (χ1v) is 9.06. The van der Waals surface area contributed by atoms with Gasteiger partial charge in [0.25, 0.3) is 5.56 Å². The van der Waals surface area contributed by atoms with Crippen molar-refractivity contribution in [2.75, 3.05) is 11.9 Å². The molecule has 0 spiro atoms. The van der Waals surface area contributed by atoms with Crippen molar-refractivity contribution in [2.24, 2.45) is 0 Å². The number of hydrogen-bond acceptors (Lipinski definition) is 6. The van der Waals surface area contributed by atoms with E-state index in [9.17, 15) is 4.79 Å². The van der Waals surface area contributed by atoms with Crippen LogP contribution in [0.4, 0.5) is 5.95 Å². The van der Waals surface area contributed by atoms with Crippen LogP contribution in [0.1, 0.15) is 36.0 Å². The first-order chi connectivity index (χ1) is 13.2. The van der Waals surface area contributed by atoms with Crippen molar-refractivity contribution >= 4 is 5.95 Å². The Kier molecular flexibility index (Phi) is 4.62. The van der Waals surface area contributed by atoms with Gasteiger partial charge in [-0.05, 0) is 18.1 Å². The van der Waals surface area contributed by atoms with Crippen molar-refractivity contribution in [1.29, 1.82) is 0 Å². The summed E-state index contributed by atoms with van der Waals surface area (Å²) in [6.07, 6.45) is 3.24. The van der Waals surface area contributed by atoms with E-state index >= 15 is 0 Å². The number of hydrogen-bond donors (Lipinski definition) is 1. The average Bonchev–Trinajstić information content (AvgIpc) is 3.00. The number of nitrogens with zero attached hydrogens (tertiary/aromatic N) is 5. The average molecular weight is 366 g/mol. The Hall–Kier alpha value is -3.16. The molecular formula is C19H22N6O2. The second-order valence-electron chi connectivity index (χ2n) is 6.68. The van der Waals surface area contributed by atoms with Gasteiger partial charge in [-0.1, -0.05) is 25.1 Å². The molecule has 4 rings (SSSR count). The number of anilines is 1. The van der Waals surface area contributed by atoms with E-state index < -0.39 is 0 Å². The zero-order chi connectivity index (χ0) is 18.8. The van der Waals surface area contributed by atoms with Gasteiger partial charge in [0.15, 0.2) is 5.82 Å². The summed E-state index contributed by atoms with van der Waals surface area (Å²) in [7, 11) is 1.88. The molecule has 0 atom stereocenters. The molecule has 1 aliphatic heterocycles. The van der Waals surface area contributed by atoms with Crippen molar-refractivity contribution in [3.8, 4) is 5.75 Å². The van der Waals surface area contributed by atoms with E-state index in [-0.39, 0.29) is 12.2 Å². The summed E-state index contributed by atoms with van der Waals surface area (Å²) in [6, 6.07) is 7.77. The highest BCUT2D eigenvalue weighted by Crippen LogP contribution is 2.26. The fourth-order valence-electron chi connectivity index (χ4n) is 3.26. The second kappa shape index (κ2) is 7.22. The van der Waals surface area contributed by atoms with Gasteiger partial charge < -0.3 is 14.2 Å². The SMILES string of the molecule is CCCn1cnnc1CN(C)c1nc2c(c(=O)[nH]1)Cc1ccccc1OC2. The summed E-state index contributed by atoms with van der Waals surface area (Å²) in [5, 5.41) is 8.16. The van der Waals surface area contributed by atoms with Crippen LogP contribution in [0.25, 0.3) is 0 Å². The molecule has 140 valence electrons. The molecule has 0 saturated carbocycles. The van der Waals surface area contributed by atoms with Gasteiger partial charge in [-0.2, -0.15) is 0 Å². The van der Waals surface area contributed by atoms with E-state index in [1.54, 1.807) is 6.33 Å². The Labute approximate surface area is 156 Å². The molecule has 0 radical (unpaired) electrons. The number of aromatic amines is 1. The molecular weight excluding hydrogens is 344 g/mol. The number of fused-ring (bicyclic) bond motifs is 2. The summed E-state index contributed by atoms with van der Waals surface area (Å²) < 4.78 is 7.87. The molecule has 0 bridgehead atoms. The van der Waals surface area contributed by atoms with Gasteiger partial charge in [-0.3, -0.25) is 9.78 Å². The van der Waals surface area contributed by atoms with Crippen LogP contribution in [0.5, 0.6) is 5.75 Å². The first kappa shape index (κ1) is 17.3. The number of benzene rings is 1. The van der Waals surface area contributed by atoms with E-state index in [0.29, 0.717) is 30.2 Å². The van der Waals surface area contributed by atoms with Gasteiger partial charge in [-0.25, -0.2) is 4.98 Å². The molecule has 8 nitrogen and oxygen atoms in total. The van der Waals surface area contributed by atoms with Gasteiger partial charge in [0, 0.05) is 25.6 Å². The van der Waals surface area contributed by atoms with Crippen molar-refractivity contribution in [1.82, 2.24) is 24.7 Å². The Morgan fingerprint density at radius 2 is 2.19 bits per heavy atom. The van der Waals surface area contributed by atoms with E-state index in [4.69, 9.17) is 4.74 Å². The number of rotatable bonds is 5. The Bertz CT molecular complexity index is 1010. The standard InChI is InChI=1S/C19H22N6O2/c1-3-8-25-12-20-23-17(25)10-24(2)19-21-15-11-27-16-7-5-4-6-13(16)9-14(15)18(26)22-19/h4-7,12H,3,8-11H2,1-2H3,(H,21,22,26). The summed E-state index contributed by atoms with van der Waals surface area (Å²) in [6.45, 7) is 3.75. The lowest BCUT2D eigenvalue weighted by atomic mass is 10.1. The van der Waals surface area contributed by atoms with Crippen LogP contribution in [0.3, 0.4) is 0 Å². The molecule has 0 aliphatic carbocycles. The van der Waals surface area contributed by atoms with Crippen LogP contribution in [-0.4, -0.2) is 31.8 Å². The Morgan fingerprint density at radius 1 is 1.33 bits per heavy atom. The third-order valence-electron chi connectivity index (χ3n) is 4.69. The minimum atomic E-state index is -0.128. The first-order valence-electron chi connectivity index (χ1n) is 9.06. The molecule has 0 amide bonds. The number of aromatic nitrogens is 5. The molecule has 1 aliphatic rings. The minimum Gasteiger partial charge on any atom is -0.487 e. The lowest BCUT2D eigenvalue weighted by Gasteiger charge is -2.18. The molecule has 3 heterocycles. The summed E-state index contributed by atoms with van der Waals surface area (Å²) in [5.41, 5.74) is 2.20. The molecule has 0 fully saturated rings. The molecule has 3 aromatic rings. The van der Waals surface area contributed by atoms with Crippen LogP contribution in [0, 0.1) is 0 Å². The molecule has 1 aromatic carbocycles. The number of para-hydroxylation sites is 1. The van der Waals surface area contributed by atoms with E-state index in [1.807, 2.05) is 40.8 Å². The molecule has 27 heavy (non-hydrogen) atoms. The zero-order valence-corrected chi connectivity index (χ0v) is 15.5. The van der Waals surface area contributed by atoms with Gasteiger partial charge in [0.2, 0.25) is 5.95 Å². The largest absolute Gasteiger partial charge is 0.487 e. The highest BCUT2D eigenvalue weighted by Gasteiger charge is 2.20. The van der Waals surface area contributed by atoms with Crippen LogP contribution >= 0.6 is 0 Å². The third-order valence-corrected chi connectivity index (χ3v) is 4.69. The smallest absolute Gasteiger partial charge is 0.256 e. The quantitative estimate of drug-likeness (QED) is 0.742. The molecule has 0 unspecified atom stereocenters. The maximum absolute atomic E-state index is 12.7. The van der Waals surface area contributed by atoms with Gasteiger partial charge in [0.1, 0.15) is 18.7 Å². The number of nitrogens with one attached hydrogen (secondary N) is 1. The summed E-state index contributed by atoms with van der Waals surface area (Å²) in [4.78, 5) is 22.1. The fourth-order valence-corrected chi connectivity index (χ4v) is 3.26. The molecule has 1 N–H and O–H groups in total. The van der Waals surface area contributed by atoms with Crippen molar-refractivity contribution in [2.45, 2.75) is 39.5 Å². The van der Waals surface area contributed by atoms with Crippen LogP contribution in [-0.2, 0) is 26.1 Å². The lowest BCUT2D eigenvalue weighted by molar-refractivity contribution is 0.302. The van der Waals surface area contributed by atoms with Crippen LogP contribution < -0.4 is 15.2 Å². The zero-order valence-electron chi connectivity index (χ0n) is 15.5. The van der Waals surface area contributed by atoms with E-state index in [0.717, 1.165) is 30.1 Å².